The fourth-order valence-electron chi connectivity index (χ4n) is 2.33. The van der Waals surface area contributed by atoms with Crippen molar-refractivity contribution < 1.29 is 18.7 Å². The zero-order valence-electron chi connectivity index (χ0n) is 11.5. The van der Waals surface area contributed by atoms with Gasteiger partial charge < -0.3 is 10.4 Å². The molecule has 0 aliphatic heterocycles. The van der Waals surface area contributed by atoms with E-state index in [9.17, 15) is 13.6 Å². The Morgan fingerprint density at radius 3 is 2.48 bits per heavy atom. The van der Waals surface area contributed by atoms with Crippen molar-refractivity contribution in [2.24, 2.45) is 5.92 Å². The van der Waals surface area contributed by atoms with E-state index in [1.165, 1.54) is 0 Å². The predicted molar refractivity (Wildman–Crippen MR) is 75.9 cm³/mol. The summed E-state index contributed by atoms with van der Waals surface area (Å²) in [5, 5.41) is 11.3. The molecular formula is C16H17F2NO2. The molecule has 1 saturated carbocycles. The van der Waals surface area contributed by atoms with Crippen molar-refractivity contribution in [3.05, 3.63) is 29.8 Å². The van der Waals surface area contributed by atoms with Gasteiger partial charge in [-0.2, -0.15) is 0 Å². The molecule has 3 nitrogen and oxygen atoms in total. The van der Waals surface area contributed by atoms with Gasteiger partial charge in [0.05, 0.1) is 0 Å². The molecular weight excluding hydrogens is 276 g/mol. The molecule has 1 aliphatic rings. The van der Waals surface area contributed by atoms with E-state index in [1.54, 1.807) is 24.3 Å². The van der Waals surface area contributed by atoms with Gasteiger partial charge in [-0.3, -0.25) is 4.79 Å². The van der Waals surface area contributed by atoms with Crippen LogP contribution >= 0.6 is 0 Å². The number of nitrogens with one attached hydrogen (secondary N) is 1. The SMILES string of the molecule is O=C(Nc1ccc(C#CCO)cc1)C1CCC(F)(F)CC1. The number of hydrogen-bond donors (Lipinski definition) is 2. The highest BCUT2D eigenvalue weighted by atomic mass is 19.3. The van der Waals surface area contributed by atoms with E-state index in [-0.39, 0.29) is 44.1 Å². The van der Waals surface area contributed by atoms with Gasteiger partial charge in [-0.1, -0.05) is 11.8 Å². The summed E-state index contributed by atoms with van der Waals surface area (Å²) in [6.07, 6.45) is -0.000662. The average molecular weight is 293 g/mol. The quantitative estimate of drug-likeness (QED) is 0.824. The van der Waals surface area contributed by atoms with Crippen LogP contribution in [-0.4, -0.2) is 23.5 Å². The molecule has 0 bridgehead atoms. The first-order valence-corrected chi connectivity index (χ1v) is 6.89. The summed E-state index contributed by atoms with van der Waals surface area (Å²) in [7, 11) is 0. The number of halogens is 2. The largest absolute Gasteiger partial charge is 0.384 e. The van der Waals surface area contributed by atoms with Crippen LogP contribution in [0.2, 0.25) is 0 Å². The minimum atomic E-state index is -2.62. The van der Waals surface area contributed by atoms with E-state index in [4.69, 9.17) is 5.11 Å². The van der Waals surface area contributed by atoms with Crippen LogP contribution in [0.1, 0.15) is 31.2 Å². The van der Waals surface area contributed by atoms with Gasteiger partial charge in [0.25, 0.3) is 0 Å². The Bertz CT molecular complexity index is 548. The Kier molecular flexibility index (Phi) is 4.92. The predicted octanol–water partition coefficient (Wildman–Crippen LogP) is 2.79. The van der Waals surface area contributed by atoms with Crippen LogP contribution in [-0.2, 0) is 4.79 Å². The molecule has 21 heavy (non-hydrogen) atoms. The summed E-state index contributed by atoms with van der Waals surface area (Å²) in [5.74, 6) is 2.10. The first-order valence-electron chi connectivity index (χ1n) is 6.89. The van der Waals surface area contributed by atoms with Crippen LogP contribution in [0.4, 0.5) is 14.5 Å². The van der Waals surface area contributed by atoms with Crippen LogP contribution in [0.3, 0.4) is 0 Å². The Balaban J connectivity index is 1.91. The van der Waals surface area contributed by atoms with Gasteiger partial charge in [0.2, 0.25) is 11.8 Å². The lowest BCUT2D eigenvalue weighted by Gasteiger charge is -2.27. The van der Waals surface area contributed by atoms with E-state index in [1.807, 2.05) is 0 Å². The molecule has 2 N–H and O–H groups in total. The van der Waals surface area contributed by atoms with Gasteiger partial charge in [-0.15, -0.1) is 0 Å². The molecule has 0 radical (unpaired) electrons. The molecule has 0 atom stereocenters. The minimum absolute atomic E-state index is 0.204. The Morgan fingerprint density at radius 2 is 1.90 bits per heavy atom. The number of carbonyl (C=O) groups is 1. The van der Waals surface area contributed by atoms with Crippen molar-refractivity contribution in [3.63, 3.8) is 0 Å². The first-order chi connectivity index (χ1) is 10.00. The van der Waals surface area contributed by atoms with Crippen molar-refractivity contribution in [1.29, 1.82) is 0 Å². The number of benzene rings is 1. The van der Waals surface area contributed by atoms with Gasteiger partial charge in [0.15, 0.2) is 0 Å². The number of carbonyl (C=O) groups excluding carboxylic acids is 1. The van der Waals surface area contributed by atoms with Gasteiger partial charge in [-0.25, -0.2) is 8.78 Å². The zero-order chi connectivity index (χ0) is 15.3. The van der Waals surface area contributed by atoms with Crippen molar-refractivity contribution in [3.8, 4) is 11.8 Å². The molecule has 0 heterocycles. The molecule has 1 fully saturated rings. The summed E-state index contributed by atoms with van der Waals surface area (Å²) >= 11 is 0. The van der Waals surface area contributed by atoms with Gasteiger partial charge in [-0.05, 0) is 37.1 Å². The molecule has 1 amide bonds. The third-order valence-corrected chi connectivity index (χ3v) is 3.55. The molecule has 0 saturated heterocycles. The number of hydrogen-bond acceptors (Lipinski definition) is 2. The second-order valence-corrected chi connectivity index (χ2v) is 5.16. The second kappa shape index (κ2) is 6.68. The van der Waals surface area contributed by atoms with Crippen molar-refractivity contribution in [1.82, 2.24) is 0 Å². The Morgan fingerprint density at radius 1 is 1.29 bits per heavy atom. The maximum Gasteiger partial charge on any atom is 0.248 e. The summed E-state index contributed by atoms with van der Waals surface area (Å²) in [4.78, 5) is 12.0. The molecule has 1 aliphatic carbocycles. The number of amides is 1. The second-order valence-electron chi connectivity index (χ2n) is 5.16. The van der Waals surface area contributed by atoms with Crippen LogP contribution < -0.4 is 5.32 Å². The lowest BCUT2D eigenvalue weighted by atomic mass is 9.86. The normalized spacial score (nSPS) is 17.7. The highest BCUT2D eigenvalue weighted by Crippen LogP contribution is 2.36. The smallest absolute Gasteiger partial charge is 0.248 e. The van der Waals surface area contributed by atoms with Gasteiger partial charge >= 0.3 is 0 Å². The van der Waals surface area contributed by atoms with Crippen molar-refractivity contribution >= 4 is 11.6 Å². The molecule has 0 spiro atoms. The van der Waals surface area contributed by atoms with Crippen molar-refractivity contribution in [2.75, 3.05) is 11.9 Å². The van der Waals surface area contributed by atoms with E-state index < -0.39 is 5.92 Å². The van der Waals surface area contributed by atoms with Crippen LogP contribution in [0, 0.1) is 17.8 Å². The van der Waals surface area contributed by atoms with E-state index in [0.717, 1.165) is 5.56 Å². The fraction of sp³-hybridized carbons (Fsp3) is 0.438. The summed E-state index contributed by atoms with van der Waals surface area (Å²) in [6, 6.07) is 6.87. The lowest BCUT2D eigenvalue weighted by molar-refractivity contribution is -0.124. The topological polar surface area (TPSA) is 49.3 Å². The lowest BCUT2D eigenvalue weighted by Crippen LogP contribution is -2.31. The first kappa shape index (κ1) is 15.5. The van der Waals surface area contributed by atoms with Gasteiger partial charge in [0, 0.05) is 30.0 Å². The standard InChI is InChI=1S/C16H17F2NO2/c17-16(18)9-7-13(8-10-16)15(21)19-14-5-3-12(4-6-14)2-1-11-20/h3-6,13,20H,7-11H2,(H,19,21). The third kappa shape index (κ3) is 4.54. The van der Waals surface area contributed by atoms with Crippen molar-refractivity contribution in [2.45, 2.75) is 31.6 Å². The van der Waals surface area contributed by atoms with Gasteiger partial charge in [0.1, 0.15) is 6.61 Å². The summed E-state index contributed by atoms with van der Waals surface area (Å²) < 4.78 is 26.1. The molecule has 0 aromatic heterocycles. The van der Waals surface area contributed by atoms with Crippen LogP contribution in [0.15, 0.2) is 24.3 Å². The highest BCUT2D eigenvalue weighted by Gasteiger charge is 2.37. The number of aliphatic hydroxyl groups is 1. The molecule has 1 aromatic carbocycles. The molecule has 1 aromatic rings. The molecule has 0 unspecified atom stereocenters. The van der Waals surface area contributed by atoms with Crippen LogP contribution in [0.25, 0.3) is 0 Å². The summed E-state index contributed by atoms with van der Waals surface area (Å²) in [5.41, 5.74) is 1.35. The average Bonchev–Trinajstić information content (AvgIpc) is 2.46. The molecule has 5 heteroatoms. The highest BCUT2D eigenvalue weighted by molar-refractivity contribution is 5.92. The fourth-order valence-corrected chi connectivity index (χ4v) is 2.33. The monoisotopic (exact) mass is 293 g/mol. The number of rotatable bonds is 2. The molecule has 2 rings (SSSR count). The van der Waals surface area contributed by atoms with E-state index >= 15 is 0 Å². The maximum absolute atomic E-state index is 13.1. The minimum Gasteiger partial charge on any atom is -0.384 e. The van der Waals surface area contributed by atoms with Crippen LogP contribution in [0.5, 0.6) is 0 Å². The zero-order valence-corrected chi connectivity index (χ0v) is 11.5. The van der Waals surface area contributed by atoms with E-state index in [0.29, 0.717) is 5.69 Å². The Labute approximate surface area is 122 Å². The van der Waals surface area contributed by atoms with E-state index in [2.05, 4.69) is 17.2 Å². The summed E-state index contributed by atoms with van der Waals surface area (Å²) in [6.45, 7) is -0.204. The number of alkyl halides is 2. The molecule has 112 valence electrons. The Hall–Kier alpha value is -1.93. The maximum atomic E-state index is 13.1. The third-order valence-electron chi connectivity index (χ3n) is 3.55. The number of aliphatic hydroxyl groups excluding tert-OH is 1. The number of anilines is 1.